The Morgan fingerprint density at radius 1 is 0.952 bits per heavy atom. The number of nitrogens with zero attached hydrogens (tertiary/aromatic N) is 1. The minimum atomic E-state index is -0.543. The fourth-order valence-corrected chi connectivity index (χ4v) is 11.3. The van der Waals surface area contributed by atoms with E-state index in [0.717, 1.165) is 56.9 Å². The second kappa shape index (κ2) is 9.53. The lowest BCUT2D eigenvalue weighted by atomic mass is 9.33. The number of esters is 1. The van der Waals surface area contributed by atoms with Gasteiger partial charge in [-0.25, -0.2) is 0 Å². The first-order valence-electron chi connectivity index (χ1n) is 16.3. The van der Waals surface area contributed by atoms with Crippen molar-refractivity contribution in [3.05, 3.63) is 47.5 Å². The number of ether oxygens (including phenoxy) is 1. The van der Waals surface area contributed by atoms with E-state index in [1.165, 1.54) is 5.57 Å². The van der Waals surface area contributed by atoms with Gasteiger partial charge in [0.1, 0.15) is 12.3 Å². The van der Waals surface area contributed by atoms with Crippen molar-refractivity contribution in [2.75, 3.05) is 0 Å². The molecule has 0 unspecified atom stereocenters. The number of allylic oxidation sites excluding steroid dienone is 2. The van der Waals surface area contributed by atoms with E-state index in [9.17, 15) is 14.8 Å². The summed E-state index contributed by atoms with van der Waals surface area (Å²) in [5, 5.41) is 13.4. The van der Waals surface area contributed by atoms with Crippen molar-refractivity contribution < 1.29 is 19.5 Å². The first-order valence-corrected chi connectivity index (χ1v) is 16.3. The first-order chi connectivity index (χ1) is 19.6. The molecule has 7 atom stereocenters. The topological polar surface area (TPSA) is 76.0 Å². The largest absolute Gasteiger partial charge is 0.460 e. The van der Waals surface area contributed by atoms with Gasteiger partial charge in [-0.3, -0.25) is 9.59 Å². The molecule has 4 fully saturated rings. The third kappa shape index (κ3) is 3.97. The van der Waals surface area contributed by atoms with Crippen molar-refractivity contribution in [2.45, 2.75) is 113 Å². The van der Waals surface area contributed by atoms with Gasteiger partial charge in [0.25, 0.3) is 0 Å². The molecule has 1 N–H and O–H groups in total. The molecule has 1 aromatic rings. The Hall–Kier alpha value is -2.43. The Labute approximate surface area is 252 Å². The van der Waals surface area contributed by atoms with Gasteiger partial charge in [-0.15, -0.1) is 0 Å². The number of rotatable bonds is 3. The van der Waals surface area contributed by atoms with Crippen LogP contribution in [-0.2, 0) is 20.9 Å². The van der Waals surface area contributed by atoms with E-state index < -0.39 is 10.8 Å². The van der Waals surface area contributed by atoms with Gasteiger partial charge in [0.05, 0.1) is 5.41 Å². The molecule has 0 spiro atoms. The van der Waals surface area contributed by atoms with Crippen molar-refractivity contribution in [3.8, 4) is 0 Å². The molecule has 42 heavy (non-hydrogen) atoms. The van der Waals surface area contributed by atoms with Crippen LogP contribution in [0.1, 0.15) is 112 Å². The number of hydrogen-bond donors (Lipinski definition) is 1. The molecule has 228 valence electrons. The molecule has 0 saturated heterocycles. The van der Waals surface area contributed by atoms with E-state index in [2.05, 4.69) is 59.7 Å². The van der Waals surface area contributed by atoms with E-state index in [-0.39, 0.29) is 45.2 Å². The van der Waals surface area contributed by atoms with Gasteiger partial charge in [0.2, 0.25) is 0 Å². The normalized spacial score (nSPS) is 42.8. The quantitative estimate of drug-likeness (QED) is 0.170. The van der Waals surface area contributed by atoms with Crippen LogP contribution >= 0.6 is 0 Å². The summed E-state index contributed by atoms with van der Waals surface area (Å²) >= 11 is 0. The molecule has 0 radical (unpaired) electrons. The SMILES string of the molecule is CC1(C)CC[C@]2(C(=O)OCc3ccccc3)CC[C@]3(C)C(=CC[C@@H]4[C@@]5(C)C/C(=N\O)C(=O)C(C)(C)[C@@H]5CC[C@]43C)[C@@H]2C1. The Morgan fingerprint density at radius 2 is 1.64 bits per heavy atom. The maximum atomic E-state index is 14.2. The number of fused-ring (bicyclic) bond motifs is 7. The molecular weight excluding hydrogens is 522 g/mol. The van der Waals surface area contributed by atoms with E-state index in [1.807, 2.05) is 30.3 Å². The Morgan fingerprint density at radius 3 is 2.33 bits per heavy atom. The van der Waals surface area contributed by atoms with Gasteiger partial charge in [0, 0.05) is 11.8 Å². The number of Topliss-reactive ketones (excluding diaryl/α,β-unsaturated/α-hetero) is 1. The lowest BCUT2D eigenvalue weighted by Gasteiger charge is -2.70. The second-order valence-corrected chi connectivity index (χ2v) is 16.7. The van der Waals surface area contributed by atoms with Crippen LogP contribution in [0, 0.1) is 50.2 Å². The Kier molecular flexibility index (Phi) is 6.73. The standard InChI is InChI=1S/C37H51NO4/c1-32(2)17-19-37(31(40)42-23-24-11-9-8-10-12-24)20-18-35(6)25(26(37)21-32)13-14-29-34(5)22-27(38-41)30(39)33(3,4)28(34)15-16-36(29,35)7/h8-13,26,28-29,41H,14-23H2,1-7H3/b38-27+/t26-,28-,29+,34-,35+,36+,37-/m0/s1. The summed E-state index contributed by atoms with van der Waals surface area (Å²) in [6.45, 7) is 16.6. The summed E-state index contributed by atoms with van der Waals surface area (Å²) in [7, 11) is 0. The minimum Gasteiger partial charge on any atom is -0.460 e. The molecule has 6 rings (SSSR count). The van der Waals surface area contributed by atoms with Crippen molar-refractivity contribution in [1.29, 1.82) is 0 Å². The van der Waals surface area contributed by atoms with Gasteiger partial charge in [-0.2, -0.15) is 0 Å². The first kappa shape index (κ1) is 29.6. The third-order valence-corrected chi connectivity index (χ3v) is 13.9. The van der Waals surface area contributed by atoms with Crippen LogP contribution in [-0.4, -0.2) is 22.7 Å². The number of carbonyl (C=O) groups excluding carboxylic acids is 2. The zero-order chi connectivity index (χ0) is 30.3. The van der Waals surface area contributed by atoms with Crippen molar-refractivity contribution in [1.82, 2.24) is 0 Å². The molecular formula is C37H51NO4. The molecule has 0 heterocycles. The van der Waals surface area contributed by atoms with Gasteiger partial charge in [0.15, 0.2) is 5.78 Å². The molecule has 0 bridgehead atoms. The molecule has 5 aliphatic rings. The number of carbonyl (C=O) groups is 2. The summed E-state index contributed by atoms with van der Waals surface area (Å²) in [6.07, 6.45) is 10.9. The van der Waals surface area contributed by atoms with Crippen LogP contribution in [0.3, 0.4) is 0 Å². The summed E-state index contributed by atoms with van der Waals surface area (Å²) in [5.41, 5.74) is 1.91. The molecule has 0 amide bonds. The Balaban J connectivity index is 1.39. The molecule has 1 aromatic carbocycles. The lowest BCUT2D eigenvalue weighted by molar-refractivity contribution is -0.185. The van der Waals surface area contributed by atoms with Crippen LogP contribution < -0.4 is 0 Å². The molecule has 5 aliphatic carbocycles. The summed E-state index contributed by atoms with van der Waals surface area (Å²) in [4.78, 5) is 27.5. The van der Waals surface area contributed by atoms with Crippen molar-refractivity contribution >= 4 is 17.5 Å². The summed E-state index contributed by atoms with van der Waals surface area (Å²) < 4.78 is 6.15. The maximum Gasteiger partial charge on any atom is 0.313 e. The van der Waals surface area contributed by atoms with Crippen LogP contribution in [0.25, 0.3) is 0 Å². The van der Waals surface area contributed by atoms with E-state index in [4.69, 9.17) is 4.74 Å². The van der Waals surface area contributed by atoms with Crippen LogP contribution in [0.15, 0.2) is 47.1 Å². The number of oxime groups is 1. The molecule has 5 heteroatoms. The average molecular weight is 574 g/mol. The smallest absolute Gasteiger partial charge is 0.313 e. The van der Waals surface area contributed by atoms with Gasteiger partial charge in [-0.1, -0.05) is 95.6 Å². The predicted octanol–water partition coefficient (Wildman–Crippen LogP) is 8.54. The van der Waals surface area contributed by atoms with Gasteiger partial charge in [-0.05, 0) is 96.3 Å². The van der Waals surface area contributed by atoms with E-state index in [1.54, 1.807) is 0 Å². The second-order valence-electron chi connectivity index (χ2n) is 16.7. The lowest BCUT2D eigenvalue weighted by Crippen LogP contribution is -2.65. The van der Waals surface area contributed by atoms with Crippen LogP contribution in [0.4, 0.5) is 0 Å². The van der Waals surface area contributed by atoms with Gasteiger partial charge >= 0.3 is 5.97 Å². The third-order valence-electron chi connectivity index (χ3n) is 13.9. The molecule has 0 aromatic heterocycles. The number of ketones is 1. The van der Waals surface area contributed by atoms with Crippen molar-refractivity contribution in [2.24, 2.45) is 55.4 Å². The fourth-order valence-electron chi connectivity index (χ4n) is 11.3. The fraction of sp³-hybridized carbons (Fsp3) is 0.703. The highest BCUT2D eigenvalue weighted by atomic mass is 16.5. The zero-order valence-electron chi connectivity index (χ0n) is 26.9. The maximum absolute atomic E-state index is 14.2. The minimum absolute atomic E-state index is 0.00547. The monoisotopic (exact) mass is 573 g/mol. The molecule has 4 saturated carbocycles. The van der Waals surface area contributed by atoms with Crippen LogP contribution in [0.5, 0.6) is 0 Å². The summed E-state index contributed by atoms with van der Waals surface area (Å²) in [5.74, 6) is 0.814. The van der Waals surface area contributed by atoms with E-state index in [0.29, 0.717) is 24.7 Å². The highest BCUT2D eigenvalue weighted by Gasteiger charge is 2.70. The van der Waals surface area contributed by atoms with Crippen LogP contribution in [0.2, 0.25) is 0 Å². The molecule has 0 aliphatic heterocycles. The highest BCUT2D eigenvalue weighted by Crippen LogP contribution is 2.75. The summed E-state index contributed by atoms with van der Waals surface area (Å²) in [6, 6.07) is 10.0. The predicted molar refractivity (Wildman–Crippen MR) is 165 cm³/mol. The Bertz CT molecular complexity index is 1340. The molecule has 5 nitrogen and oxygen atoms in total. The zero-order valence-corrected chi connectivity index (χ0v) is 26.9. The van der Waals surface area contributed by atoms with Crippen molar-refractivity contribution in [3.63, 3.8) is 0 Å². The highest BCUT2D eigenvalue weighted by molar-refractivity contribution is 6.42. The van der Waals surface area contributed by atoms with Gasteiger partial charge < -0.3 is 9.94 Å². The average Bonchev–Trinajstić information content (AvgIpc) is 2.94. The number of hydrogen-bond acceptors (Lipinski definition) is 5. The van der Waals surface area contributed by atoms with E-state index >= 15 is 0 Å². The number of benzene rings is 1.